The maximum absolute atomic E-state index is 6.42. The molecule has 0 amide bonds. The summed E-state index contributed by atoms with van der Waals surface area (Å²) in [6, 6.07) is 2.10. The Kier molecular flexibility index (Phi) is 10.2. The first-order valence-electron chi connectivity index (χ1n) is 16.1. The highest BCUT2D eigenvalue weighted by Crippen LogP contribution is 2.42. The van der Waals surface area contributed by atoms with Crippen molar-refractivity contribution in [3.63, 3.8) is 0 Å². The van der Waals surface area contributed by atoms with Crippen LogP contribution in [-0.4, -0.2) is 24.2 Å². The molecule has 6 N–H and O–H groups in total. The molecule has 4 nitrogen and oxygen atoms in total. The number of hydrogen-bond acceptors (Lipinski definition) is 4. The molecule has 0 aromatic carbocycles. The van der Waals surface area contributed by atoms with E-state index in [1.54, 1.807) is 0 Å². The first-order chi connectivity index (χ1) is 17.1. The monoisotopic (exact) mass is 502 g/mol. The number of rotatable bonds is 7. The average molecular weight is 503 g/mol. The van der Waals surface area contributed by atoms with Crippen molar-refractivity contribution in [2.24, 2.45) is 70.6 Å². The molecule has 4 saturated carbocycles. The van der Waals surface area contributed by atoms with Crippen LogP contribution in [0.15, 0.2) is 0 Å². The molecule has 4 aliphatic rings. The van der Waals surface area contributed by atoms with E-state index < -0.39 is 0 Å². The Labute approximate surface area is 224 Å². The van der Waals surface area contributed by atoms with Gasteiger partial charge in [-0.05, 0) is 136 Å². The Hall–Kier alpha value is -0.160. The van der Waals surface area contributed by atoms with Gasteiger partial charge in [0.1, 0.15) is 0 Å². The lowest BCUT2D eigenvalue weighted by Crippen LogP contribution is -2.56. The molecule has 0 heterocycles. The highest BCUT2D eigenvalue weighted by molar-refractivity contribution is 4.92. The van der Waals surface area contributed by atoms with Crippen LogP contribution >= 0.6 is 0 Å². The summed E-state index contributed by atoms with van der Waals surface area (Å²) in [6.45, 7) is 14.6. The first kappa shape index (κ1) is 28.8. The second kappa shape index (κ2) is 12.8. The quantitative estimate of drug-likeness (QED) is 0.300. The number of hydrogen-bond donors (Lipinski definition) is 4. The molecule has 4 fully saturated rings. The molecule has 4 aliphatic carbocycles. The van der Waals surface area contributed by atoms with Gasteiger partial charge in [-0.2, -0.15) is 0 Å². The van der Waals surface area contributed by atoms with Crippen molar-refractivity contribution in [3.8, 4) is 0 Å². The molecule has 0 spiro atoms. The van der Waals surface area contributed by atoms with Gasteiger partial charge >= 0.3 is 0 Å². The van der Waals surface area contributed by atoms with Gasteiger partial charge in [0, 0.05) is 24.2 Å². The van der Waals surface area contributed by atoms with Crippen molar-refractivity contribution < 1.29 is 0 Å². The maximum Gasteiger partial charge on any atom is 0.0264 e. The third-order valence-electron chi connectivity index (χ3n) is 11.8. The van der Waals surface area contributed by atoms with Crippen molar-refractivity contribution in [3.05, 3.63) is 0 Å². The molecule has 0 aliphatic heterocycles. The lowest BCUT2D eigenvalue weighted by Gasteiger charge is -2.44. The highest BCUT2D eigenvalue weighted by atomic mass is 15.4. The predicted molar refractivity (Wildman–Crippen MR) is 154 cm³/mol. The Morgan fingerprint density at radius 1 is 0.500 bits per heavy atom. The van der Waals surface area contributed by atoms with Crippen LogP contribution in [-0.2, 0) is 0 Å². The van der Waals surface area contributed by atoms with Gasteiger partial charge in [-0.1, -0.05) is 41.5 Å². The zero-order valence-corrected chi connectivity index (χ0v) is 24.7. The number of hydrazine groups is 1. The molecule has 0 aromatic rings. The van der Waals surface area contributed by atoms with Crippen LogP contribution in [0.5, 0.6) is 0 Å². The van der Waals surface area contributed by atoms with Gasteiger partial charge in [0.05, 0.1) is 0 Å². The van der Waals surface area contributed by atoms with Crippen LogP contribution in [0, 0.1) is 59.2 Å². The summed E-state index contributed by atoms with van der Waals surface area (Å²) in [5.74, 6) is 8.01. The van der Waals surface area contributed by atoms with E-state index in [4.69, 9.17) is 11.5 Å². The molecule has 4 rings (SSSR count). The zero-order chi connectivity index (χ0) is 26.0. The molecule has 0 saturated heterocycles. The normalized spacial score (nSPS) is 50.7. The first-order valence-corrected chi connectivity index (χ1v) is 16.1. The zero-order valence-electron chi connectivity index (χ0n) is 24.7. The Morgan fingerprint density at radius 2 is 0.972 bits per heavy atom. The molecule has 10 atom stereocenters. The van der Waals surface area contributed by atoms with Gasteiger partial charge in [0.2, 0.25) is 0 Å². The van der Waals surface area contributed by atoms with E-state index in [9.17, 15) is 0 Å². The van der Waals surface area contributed by atoms with Crippen LogP contribution in [0.3, 0.4) is 0 Å². The third kappa shape index (κ3) is 7.27. The van der Waals surface area contributed by atoms with Gasteiger partial charge in [-0.15, -0.1) is 0 Å². The van der Waals surface area contributed by atoms with E-state index in [2.05, 4.69) is 52.4 Å². The van der Waals surface area contributed by atoms with Crippen LogP contribution in [0.2, 0.25) is 0 Å². The Balaban J connectivity index is 1.18. The lowest BCUT2D eigenvalue weighted by atomic mass is 9.66. The molecule has 10 unspecified atom stereocenters. The van der Waals surface area contributed by atoms with E-state index in [0.29, 0.717) is 36.0 Å². The molecule has 0 aromatic heterocycles. The smallest absolute Gasteiger partial charge is 0.0264 e. The van der Waals surface area contributed by atoms with Gasteiger partial charge in [0.25, 0.3) is 0 Å². The number of nitrogens with two attached hydrogens (primary N) is 2. The topological polar surface area (TPSA) is 76.1 Å². The predicted octanol–water partition coefficient (Wildman–Crippen LogP) is 6.49. The molecule has 0 radical (unpaired) electrons. The van der Waals surface area contributed by atoms with Crippen molar-refractivity contribution in [2.75, 3.05) is 0 Å². The van der Waals surface area contributed by atoms with Crippen molar-refractivity contribution in [1.29, 1.82) is 0 Å². The fraction of sp³-hybridized carbons (Fsp3) is 1.00. The van der Waals surface area contributed by atoms with Crippen molar-refractivity contribution in [1.82, 2.24) is 10.9 Å². The molecule has 0 bridgehead atoms. The van der Waals surface area contributed by atoms with Crippen molar-refractivity contribution >= 4 is 0 Å². The minimum absolute atomic E-state index is 0.414. The largest absolute Gasteiger partial charge is 0.327 e. The Morgan fingerprint density at radius 3 is 1.53 bits per heavy atom. The second-order valence-corrected chi connectivity index (χ2v) is 15.0. The van der Waals surface area contributed by atoms with Crippen molar-refractivity contribution in [2.45, 2.75) is 143 Å². The molecule has 36 heavy (non-hydrogen) atoms. The summed E-state index contributed by atoms with van der Waals surface area (Å²) in [5, 5.41) is 0. The SMILES string of the molecule is CC1CC(CC2CCC(NNC3C(C)CC(CC4CC(C)C(N)C(C)C4)CC3C)C(C)C2)CCC1N. The minimum Gasteiger partial charge on any atom is -0.327 e. The second-order valence-electron chi connectivity index (χ2n) is 15.0. The van der Waals surface area contributed by atoms with Gasteiger partial charge in [-0.25, -0.2) is 0 Å². The van der Waals surface area contributed by atoms with E-state index in [1.807, 2.05) is 0 Å². The van der Waals surface area contributed by atoms with Gasteiger partial charge in [0.15, 0.2) is 0 Å². The summed E-state index contributed by atoms with van der Waals surface area (Å²) < 4.78 is 0. The van der Waals surface area contributed by atoms with Gasteiger partial charge < -0.3 is 11.5 Å². The molecular formula is C32H62N4. The maximum atomic E-state index is 6.42. The standard InChI is InChI=1S/C32H62N4/c1-19-11-25(7-9-29(19)33)17-26-8-10-30(20(2)12-26)35-36-32-23(5)15-28(16-24(32)6)18-27-13-21(3)31(34)22(4)14-27/h19-32,35-36H,7-18,33-34H2,1-6H3. The van der Waals surface area contributed by atoms with E-state index in [-0.39, 0.29) is 0 Å². The van der Waals surface area contributed by atoms with E-state index in [1.165, 1.54) is 77.0 Å². The Bertz CT molecular complexity index is 645. The van der Waals surface area contributed by atoms with Crippen LogP contribution in [0.1, 0.15) is 119 Å². The summed E-state index contributed by atoms with van der Waals surface area (Å²) in [4.78, 5) is 0. The third-order valence-corrected chi connectivity index (χ3v) is 11.8. The minimum atomic E-state index is 0.414. The summed E-state index contributed by atoms with van der Waals surface area (Å²) in [6.07, 6.45) is 16.5. The molecule has 4 heteroatoms. The molecular weight excluding hydrogens is 440 g/mol. The lowest BCUT2D eigenvalue weighted by molar-refractivity contribution is 0.0883. The van der Waals surface area contributed by atoms with Gasteiger partial charge in [-0.3, -0.25) is 10.9 Å². The van der Waals surface area contributed by atoms with Crippen LogP contribution < -0.4 is 22.3 Å². The van der Waals surface area contributed by atoms with Crippen LogP contribution in [0.25, 0.3) is 0 Å². The van der Waals surface area contributed by atoms with E-state index in [0.717, 1.165) is 47.3 Å². The summed E-state index contributed by atoms with van der Waals surface area (Å²) in [7, 11) is 0. The number of nitrogens with one attached hydrogen (secondary N) is 2. The van der Waals surface area contributed by atoms with E-state index >= 15 is 0 Å². The average Bonchev–Trinajstić information content (AvgIpc) is 2.80. The highest BCUT2D eigenvalue weighted by Gasteiger charge is 2.38. The van der Waals surface area contributed by atoms with Crippen LogP contribution in [0.4, 0.5) is 0 Å². The summed E-state index contributed by atoms with van der Waals surface area (Å²) in [5.41, 5.74) is 20.5. The fourth-order valence-electron chi connectivity index (χ4n) is 9.52. The molecule has 210 valence electrons. The summed E-state index contributed by atoms with van der Waals surface area (Å²) >= 11 is 0. The fourth-order valence-corrected chi connectivity index (χ4v) is 9.52.